The second-order valence-electron chi connectivity index (χ2n) is 20.4. The van der Waals surface area contributed by atoms with Gasteiger partial charge < -0.3 is 13.9 Å². The molecule has 0 atom stereocenters. The summed E-state index contributed by atoms with van der Waals surface area (Å²) in [7, 11) is 0. The third-order valence-corrected chi connectivity index (χ3v) is 13.2. The summed E-state index contributed by atoms with van der Waals surface area (Å²) in [5.74, 6) is 2.10. The summed E-state index contributed by atoms with van der Waals surface area (Å²) < 4.78 is 57.6. The van der Waals surface area contributed by atoms with Crippen LogP contribution in [0.3, 0.4) is 0 Å². The third kappa shape index (κ3) is 9.05. The quantitative estimate of drug-likeness (QED) is 0.107. The Morgan fingerprint density at radius 1 is 0.592 bits per heavy atom. The molecule has 0 saturated carbocycles. The van der Waals surface area contributed by atoms with Gasteiger partial charge >= 0.3 is 0 Å². The van der Waals surface area contributed by atoms with Crippen molar-refractivity contribution in [2.45, 2.75) is 72.1 Å². The van der Waals surface area contributed by atoms with E-state index in [1.807, 2.05) is 82.1 Å². The molecule has 0 aliphatic heterocycles. The molecule has 0 fully saturated rings. The maximum atomic E-state index is 9.31. The standard InChI is InChI=1S/C65H56N4O.Pt/c1-43(2)46-33-34-66-62(38-46)69-58-28-16-15-25-56(58)57-31-30-53(41-60(57)69)70-52-24-17-23-51(40-52)67-42-68(59-32-29-47(37-61(59)67)44-19-11-9-12-20-44)63-54(45-21-13-10-14-22-45)26-18-27-55(63)48-35-49(64(3,4)5)39-50(36-48)65(6,7)8;/h9-39,43H,1-8H3;/q-2;/i10D,13D,14D,21D,22D;. The van der Waals surface area contributed by atoms with E-state index in [9.17, 15) is 2.74 Å². The van der Waals surface area contributed by atoms with E-state index in [1.54, 1.807) is 0 Å². The first-order chi connectivity index (χ1) is 35.8. The number of para-hydroxylation sites is 2. The maximum absolute atomic E-state index is 9.31. The molecule has 354 valence electrons. The Morgan fingerprint density at radius 3 is 2.01 bits per heavy atom. The summed E-state index contributed by atoms with van der Waals surface area (Å²) in [6.45, 7) is 17.6. The molecular weight excluding hydrogens is 1050 g/mol. The monoisotopic (exact) mass is 1110 g/mol. The molecule has 0 unspecified atom stereocenters. The van der Waals surface area contributed by atoms with E-state index < -0.39 is 18.1 Å². The molecule has 8 aromatic carbocycles. The van der Waals surface area contributed by atoms with Gasteiger partial charge in [0.2, 0.25) is 0 Å². The van der Waals surface area contributed by atoms with E-state index >= 15 is 0 Å². The summed E-state index contributed by atoms with van der Waals surface area (Å²) in [6.07, 6.45) is 5.60. The fraction of sp³-hybridized carbons (Fsp3) is 0.169. The molecule has 3 heterocycles. The molecule has 11 aromatic rings. The number of ether oxygens (including phenoxy) is 1. The Hall–Kier alpha value is -7.33. The van der Waals surface area contributed by atoms with E-state index in [4.69, 9.17) is 13.8 Å². The van der Waals surface area contributed by atoms with Crippen molar-refractivity contribution in [1.29, 1.82) is 0 Å². The molecular formula is C65H56N4OPt-2. The predicted octanol–water partition coefficient (Wildman–Crippen LogP) is 16.3. The fourth-order valence-electron chi connectivity index (χ4n) is 9.35. The molecule has 0 aliphatic carbocycles. The molecule has 11 rings (SSSR count). The van der Waals surface area contributed by atoms with E-state index in [0.29, 0.717) is 34.4 Å². The number of imidazole rings is 1. The van der Waals surface area contributed by atoms with Crippen LogP contribution in [0.15, 0.2) is 188 Å². The summed E-state index contributed by atoms with van der Waals surface area (Å²) >= 11 is 0. The summed E-state index contributed by atoms with van der Waals surface area (Å²) in [6, 6.07) is 56.6. The minimum Gasteiger partial charge on any atom is -0.510 e. The molecule has 0 aliphatic rings. The molecule has 0 bridgehead atoms. The van der Waals surface area contributed by atoms with Crippen LogP contribution in [0.5, 0.6) is 11.5 Å². The topological polar surface area (TPSA) is 35.9 Å². The van der Waals surface area contributed by atoms with Gasteiger partial charge in [-0.3, -0.25) is 4.57 Å². The number of fused-ring (bicyclic) bond motifs is 4. The Morgan fingerprint density at radius 2 is 1.28 bits per heavy atom. The molecule has 71 heavy (non-hydrogen) atoms. The van der Waals surface area contributed by atoms with Gasteiger partial charge in [0.25, 0.3) is 6.33 Å². The number of hydrogen-bond acceptors (Lipinski definition) is 2. The average Bonchev–Trinajstić information content (AvgIpc) is 3.96. The first-order valence-electron chi connectivity index (χ1n) is 26.4. The largest absolute Gasteiger partial charge is 0.510 e. The Labute approximate surface area is 439 Å². The first kappa shape index (κ1) is 41.5. The van der Waals surface area contributed by atoms with Crippen LogP contribution in [-0.2, 0) is 31.9 Å². The molecule has 6 heteroatoms. The SMILES string of the molecule is [2H]c1c([2H])c([2H])c(-c2cccc(-c3cc(C(C)(C)C)cc(C(C)(C)C)c3)c2-[n+]2[c-]n(-c3[c-]c(Oc4[c-]c5c(cc4)c4ccccc4n5-c4cc(C(C)C)ccn4)ccc3)c3cc(-c4ccccc4)ccc32)c([2H])c1[2H].[Pt]. The molecule has 0 N–H and O–H groups in total. The maximum Gasteiger partial charge on any atom is 0.268 e. The number of aromatic nitrogens is 4. The summed E-state index contributed by atoms with van der Waals surface area (Å²) in [5.41, 5.74) is 12.0. The Balaban J connectivity index is 0.00000657. The van der Waals surface area contributed by atoms with Crippen LogP contribution in [0, 0.1) is 18.5 Å². The third-order valence-electron chi connectivity index (χ3n) is 13.2. The normalized spacial score (nSPS) is 12.9. The van der Waals surface area contributed by atoms with Crippen LogP contribution in [-0.4, -0.2) is 14.1 Å². The van der Waals surface area contributed by atoms with Crippen molar-refractivity contribution in [3.05, 3.63) is 223 Å². The van der Waals surface area contributed by atoms with Crippen LogP contribution in [0.1, 0.15) is 84.9 Å². The molecule has 5 nitrogen and oxygen atoms in total. The van der Waals surface area contributed by atoms with Gasteiger partial charge in [-0.1, -0.05) is 188 Å². The van der Waals surface area contributed by atoms with Gasteiger partial charge in [-0.15, -0.1) is 29.7 Å². The van der Waals surface area contributed by atoms with Crippen molar-refractivity contribution < 1.29 is 37.2 Å². The summed E-state index contributed by atoms with van der Waals surface area (Å²) in [4.78, 5) is 4.83. The van der Waals surface area contributed by atoms with Crippen molar-refractivity contribution in [2.75, 3.05) is 0 Å². The number of rotatable bonds is 9. The zero-order valence-corrected chi connectivity index (χ0v) is 43.4. The minimum atomic E-state index is -0.450. The number of nitrogens with zero attached hydrogens (tertiary/aromatic N) is 4. The minimum absolute atomic E-state index is 0. The van der Waals surface area contributed by atoms with E-state index in [0.717, 1.165) is 72.0 Å². The molecule has 3 aromatic heterocycles. The van der Waals surface area contributed by atoms with Crippen molar-refractivity contribution in [1.82, 2.24) is 14.1 Å². The van der Waals surface area contributed by atoms with Crippen molar-refractivity contribution >= 4 is 32.8 Å². The van der Waals surface area contributed by atoms with Crippen LogP contribution in [0.4, 0.5) is 0 Å². The zero-order valence-electron chi connectivity index (χ0n) is 46.1. The van der Waals surface area contributed by atoms with Gasteiger partial charge in [0.1, 0.15) is 5.82 Å². The Bertz CT molecular complexity index is 3990. The van der Waals surface area contributed by atoms with Crippen LogP contribution in [0.2, 0.25) is 0 Å². The molecule has 0 saturated heterocycles. The zero-order chi connectivity index (χ0) is 52.7. The second-order valence-corrected chi connectivity index (χ2v) is 20.4. The number of benzene rings is 8. The summed E-state index contributed by atoms with van der Waals surface area (Å²) in [5, 5.41) is 2.12. The average molecular weight is 1110 g/mol. The van der Waals surface area contributed by atoms with Gasteiger partial charge in [0.05, 0.1) is 23.6 Å². The second kappa shape index (κ2) is 18.8. The van der Waals surface area contributed by atoms with Crippen molar-refractivity contribution in [3.63, 3.8) is 0 Å². The molecule has 0 spiro atoms. The molecule has 0 radical (unpaired) electrons. The van der Waals surface area contributed by atoms with Crippen molar-refractivity contribution in [2.24, 2.45) is 0 Å². The van der Waals surface area contributed by atoms with Crippen molar-refractivity contribution in [3.8, 4) is 62.1 Å². The first-order valence-corrected chi connectivity index (χ1v) is 23.9. The van der Waals surface area contributed by atoms with Crippen LogP contribution >= 0.6 is 0 Å². The van der Waals surface area contributed by atoms with Gasteiger partial charge in [-0.25, -0.2) is 4.98 Å². The fourth-order valence-corrected chi connectivity index (χ4v) is 9.35. The van der Waals surface area contributed by atoms with Crippen LogP contribution in [0.25, 0.3) is 83.4 Å². The van der Waals surface area contributed by atoms with Gasteiger partial charge in [0.15, 0.2) is 0 Å². The van der Waals surface area contributed by atoms with E-state index in [-0.39, 0.29) is 49.5 Å². The van der Waals surface area contributed by atoms with Crippen LogP contribution < -0.4 is 9.30 Å². The number of pyridine rings is 1. The number of hydrogen-bond donors (Lipinski definition) is 0. The van der Waals surface area contributed by atoms with E-state index in [1.165, 1.54) is 5.56 Å². The van der Waals surface area contributed by atoms with E-state index in [2.05, 4.69) is 163 Å². The Kier molecular flexibility index (Phi) is 11.0. The van der Waals surface area contributed by atoms with Gasteiger partial charge in [-0.05, 0) is 102 Å². The van der Waals surface area contributed by atoms with Gasteiger partial charge in [-0.2, -0.15) is 18.2 Å². The molecule has 0 amide bonds. The predicted molar refractivity (Wildman–Crippen MR) is 288 cm³/mol. The van der Waals surface area contributed by atoms with Gasteiger partial charge in [0, 0.05) is 44.3 Å². The smallest absolute Gasteiger partial charge is 0.268 e.